The van der Waals surface area contributed by atoms with E-state index in [1.807, 2.05) is 0 Å². The highest BCUT2D eigenvalue weighted by Crippen LogP contribution is 2.19. The van der Waals surface area contributed by atoms with E-state index in [1.54, 1.807) is 12.1 Å². The first-order valence-corrected chi connectivity index (χ1v) is 7.24. The number of carbonyl (C=O) groups excluding carboxylic acids is 1. The Balaban J connectivity index is 1.82. The van der Waals surface area contributed by atoms with E-state index in [1.165, 1.54) is 12.1 Å². The molecular formula is C15H19F3N2O2. The lowest BCUT2D eigenvalue weighted by Crippen LogP contribution is -2.42. The normalized spacial score (nSPS) is 19.4. The van der Waals surface area contributed by atoms with E-state index in [4.69, 9.17) is 0 Å². The van der Waals surface area contributed by atoms with E-state index in [0.29, 0.717) is 13.1 Å². The van der Waals surface area contributed by atoms with Crippen LogP contribution in [-0.2, 0) is 11.3 Å². The number of amides is 1. The summed E-state index contributed by atoms with van der Waals surface area (Å²) < 4.78 is 40.8. The molecule has 1 saturated heterocycles. The van der Waals surface area contributed by atoms with Crippen molar-refractivity contribution in [2.24, 2.45) is 0 Å². The number of carbonyl (C=O) groups is 1. The zero-order chi connectivity index (χ0) is 16.0. The Morgan fingerprint density at radius 1 is 1.23 bits per heavy atom. The lowest BCUT2D eigenvalue weighted by molar-refractivity contribution is -0.153. The molecule has 2 rings (SSSR count). The Labute approximate surface area is 127 Å². The van der Waals surface area contributed by atoms with Crippen LogP contribution < -0.4 is 15.4 Å². The molecule has 1 aliphatic heterocycles. The van der Waals surface area contributed by atoms with Gasteiger partial charge in [-0.2, -0.15) is 13.2 Å². The maximum atomic E-state index is 12.0. The summed E-state index contributed by atoms with van der Waals surface area (Å²) in [6.45, 7) is -0.104. The van der Waals surface area contributed by atoms with Gasteiger partial charge in [0.15, 0.2) is 6.61 Å². The monoisotopic (exact) mass is 316 g/mol. The van der Waals surface area contributed by atoms with Gasteiger partial charge < -0.3 is 15.4 Å². The van der Waals surface area contributed by atoms with Crippen LogP contribution in [0.15, 0.2) is 24.3 Å². The van der Waals surface area contributed by atoms with Gasteiger partial charge in [-0.1, -0.05) is 12.1 Å². The summed E-state index contributed by atoms with van der Waals surface area (Å²) in [5.74, 6) is 0.177. The minimum atomic E-state index is -4.34. The van der Waals surface area contributed by atoms with E-state index < -0.39 is 12.8 Å². The summed E-state index contributed by atoms with van der Waals surface area (Å²) in [6.07, 6.45) is -1.58. The number of hydrogen-bond donors (Lipinski definition) is 2. The van der Waals surface area contributed by atoms with Crippen molar-refractivity contribution in [3.05, 3.63) is 29.8 Å². The van der Waals surface area contributed by atoms with Gasteiger partial charge in [0.1, 0.15) is 5.75 Å². The number of nitrogens with one attached hydrogen (secondary N) is 2. The molecule has 1 fully saturated rings. The second-order valence-electron chi connectivity index (χ2n) is 5.27. The number of hydrogen-bond acceptors (Lipinski definition) is 3. The Kier molecular flexibility index (Phi) is 5.65. The van der Waals surface area contributed by atoms with E-state index in [2.05, 4.69) is 15.4 Å². The molecule has 0 spiro atoms. The molecular weight excluding hydrogens is 297 g/mol. The predicted molar refractivity (Wildman–Crippen MR) is 75.5 cm³/mol. The van der Waals surface area contributed by atoms with Crippen molar-refractivity contribution < 1.29 is 22.7 Å². The van der Waals surface area contributed by atoms with Gasteiger partial charge in [-0.05, 0) is 37.0 Å². The molecule has 0 bridgehead atoms. The highest BCUT2D eigenvalue weighted by Gasteiger charge is 2.28. The molecule has 1 heterocycles. The summed E-state index contributed by atoms with van der Waals surface area (Å²) in [5, 5.41) is 6.01. The molecule has 0 radical (unpaired) electrons. The lowest BCUT2D eigenvalue weighted by Gasteiger charge is -2.15. The highest BCUT2D eigenvalue weighted by atomic mass is 19.4. The molecule has 4 nitrogen and oxygen atoms in total. The number of benzene rings is 1. The molecule has 1 unspecified atom stereocenters. The van der Waals surface area contributed by atoms with Gasteiger partial charge in [0, 0.05) is 13.1 Å². The molecule has 1 aromatic carbocycles. The second kappa shape index (κ2) is 7.49. The SMILES string of the molecule is O=C1NCCCCC1NCc1ccc(OCC(F)(F)F)cc1. The third-order valence-corrected chi connectivity index (χ3v) is 3.41. The summed E-state index contributed by atoms with van der Waals surface area (Å²) in [6, 6.07) is 6.15. The van der Waals surface area contributed by atoms with Crippen molar-refractivity contribution in [1.29, 1.82) is 0 Å². The predicted octanol–water partition coefficient (Wildman–Crippen LogP) is 2.39. The fraction of sp³-hybridized carbons (Fsp3) is 0.533. The van der Waals surface area contributed by atoms with Crippen LogP contribution in [0, 0.1) is 0 Å². The van der Waals surface area contributed by atoms with E-state index in [9.17, 15) is 18.0 Å². The Morgan fingerprint density at radius 2 is 1.95 bits per heavy atom. The van der Waals surface area contributed by atoms with Crippen LogP contribution >= 0.6 is 0 Å². The molecule has 1 atom stereocenters. The summed E-state index contributed by atoms with van der Waals surface area (Å²) >= 11 is 0. The fourth-order valence-electron chi connectivity index (χ4n) is 2.24. The number of halogens is 3. The molecule has 22 heavy (non-hydrogen) atoms. The van der Waals surface area contributed by atoms with Gasteiger partial charge in [-0.25, -0.2) is 0 Å². The zero-order valence-corrected chi connectivity index (χ0v) is 12.1. The number of alkyl halides is 3. The largest absolute Gasteiger partial charge is 0.484 e. The van der Waals surface area contributed by atoms with Crippen molar-refractivity contribution in [1.82, 2.24) is 10.6 Å². The van der Waals surface area contributed by atoms with Crippen LogP contribution in [0.3, 0.4) is 0 Å². The second-order valence-corrected chi connectivity index (χ2v) is 5.27. The van der Waals surface area contributed by atoms with E-state index in [0.717, 1.165) is 24.8 Å². The Hall–Kier alpha value is -1.76. The minimum Gasteiger partial charge on any atom is -0.484 e. The Morgan fingerprint density at radius 3 is 2.64 bits per heavy atom. The maximum Gasteiger partial charge on any atom is 0.422 e. The van der Waals surface area contributed by atoms with Crippen LogP contribution in [0.2, 0.25) is 0 Å². The van der Waals surface area contributed by atoms with Crippen molar-refractivity contribution in [2.45, 2.75) is 38.0 Å². The standard InChI is InChI=1S/C15H19F3N2O2/c16-15(17,18)10-22-12-6-4-11(5-7-12)9-20-13-3-1-2-8-19-14(13)21/h4-7,13,20H,1-3,8-10H2,(H,19,21). The number of rotatable bonds is 5. The first-order chi connectivity index (χ1) is 10.4. The summed E-state index contributed by atoms with van der Waals surface area (Å²) in [5.41, 5.74) is 0.886. The molecule has 1 aliphatic rings. The van der Waals surface area contributed by atoms with E-state index in [-0.39, 0.29) is 17.7 Å². The van der Waals surface area contributed by atoms with Crippen molar-refractivity contribution in [3.63, 3.8) is 0 Å². The van der Waals surface area contributed by atoms with Crippen molar-refractivity contribution >= 4 is 5.91 Å². The van der Waals surface area contributed by atoms with Gasteiger partial charge in [0.05, 0.1) is 6.04 Å². The molecule has 0 aliphatic carbocycles. The molecule has 1 aromatic rings. The first-order valence-electron chi connectivity index (χ1n) is 7.24. The van der Waals surface area contributed by atoms with Gasteiger partial charge >= 0.3 is 6.18 Å². The van der Waals surface area contributed by atoms with Gasteiger partial charge in [0.2, 0.25) is 5.91 Å². The van der Waals surface area contributed by atoms with Crippen molar-refractivity contribution in [3.8, 4) is 5.75 Å². The molecule has 0 aromatic heterocycles. The fourth-order valence-corrected chi connectivity index (χ4v) is 2.24. The molecule has 0 saturated carbocycles. The third-order valence-electron chi connectivity index (χ3n) is 3.41. The molecule has 122 valence electrons. The summed E-state index contributed by atoms with van der Waals surface area (Å²) in [4.78, 5) is 11.8. The van der Waals surface area contributed by atoms with Crippen LogP contribution in [0.25, 0.3) is 0 Å². The molecule has 1 amide bonds. The highest BCUT2D eigenvalue weighted by molar-refractivity contribution is 5.81. The number of ether oxygens (including phenoxy) is 1. The van der Waals surface area contributed by atoms with Crippen LogP contribution in [-0.4, -0.2) is 31.3 Å². The van der Waals surface area contributed by atoms with Crippen LogP contribution in [0.4, 0.5) is 13.2 Å². The average Bonchev–Trinajstić information content (AvgIpc) is 2.68. The third kappa shape index (κ3) is 5.55. The first kappa shape index (κ1) is 16.6. The minimum absolute atomic E-state index is 0.00244. The molecule has 7 heteroatoms. The maximum absolute atomic E-state index is 12.0. The average molecular weight is 316 g/mol. The quantitative estimate of drug-likeness (QED) is 0.877. The zero-order valence-electron chi connectivity index (χ0n) is 12.1. The smallest absolute Gasteiger partial charge is 0.422 e. The summed E-state index contributed by atoms with van der Waals surface area (Å²) in [7, 11) is 0. The van der Waals surface area contributed by atoms with Gasteiger partial charge in [0.25, 0.3) is 0 Å². The van der Waals surface area contributed by atoms with Crippen LogP contribution in [0.1, 0.15) is 24.8 Å². The van der Waals surface area contributed by atoms with Gasteiger partial charge in [-0.15, -0.1) is 0 Å². The topological polar surface area (TPSA) is 50.4 Å². The lowest BCUT2D eigenvalue weighted by atomic mass is 10.1. The van der Waals surface area contributed by atoms with Crippen molar-refractivity contribution in [2.75, 3.05) is 13.2 Å². The van der Waals surface area contributed by atoms with Gasteiger partial charge in [-0.3, -0.25) is 4.79 Å². The van der Waals surface area contributed by atoms with Crippen LogP contribution in [0.5, 0.6) is 5.75 Å². The molecule has 2 N–H and O–H groups in total. The van der Waals surface area contributed by atoms with E-state index >= 15 is 0 Å². The Bertz CT molecular complexity index is 489.